The molecule has 8 heteroatoms. The number of halogens is 1. The van der Waals surface area contributed by atoms with Crippen molar-refractivity contribution in [3.05, 3.63) is 47.8 Å². The van der Waals surface area contributed by atoms with Crippen molar-refractivity contribution in [2.75, 3.05) is 13.1 Å². The number of primary amides is 1. The molecule has 0 spiro atoms. The fourth-order valence-corrected chi connectivity index (χ4v) is 3.34. The van der Waals surface area contributed by atoms with E-state index in [0.717, 1.165) is 18.7 Å². The van der Waals surface area contributed by atoms with Gasteiger partial charge in [0.1, 0.15) is 12.4 Å². The second kappa shape index (κ2) is 7.55. The maximum atomic E-state index is 13.4. The van der Waals surface area contributed by atoms with E-state index in [1.54, 1.807) is 21.9 Å². The molecule has 0 saturated carbocycles. The van der Waals surface area contributed by atoms with Crippen molar-refractivity contribution in [2.24, 2.45) is 5.73 Å². The third-order valence-electron chi connectivity index (χ3n) is 4.58. The summed E-state index contributed by atoms with van der Waals surface area (Å²) in [5.41, 5.74) is 5.78. The first kappa shape index (κ1) is 17.9. The lowest BCUT2D eigenvalue weighted by Crippen LogP contribution is -2.40. The van der Waals surface area contributed by atoms with Crippen LogP contribution in [0.1, 0.15) is 30.1 Å². The smallest absolute Gasteiger partial charge is 0.237 e. The first-order valence-electron chi connectivity index (χ1n) is 8.48. The van der Waals surface area contributed by atoms with E-state index >= 15 is 0 Å². The Morgan fingerprint density at radius 1 is 1.38 bits per heavy atom. The summed E-state index contributed by atoms with van der Waals surface area (Å²) >= 11 is 0. The largest absolute Gasteiger partial charge is 0.505 e. The molecule has 7 nitrogen and oxygen atoms in total. The van der Waals surface area contributed by atoms with Crippen LogP contribution in [0.2, 0.25) is 0 Å². The minimum absolute atomic E-state index is 0.0265. The molecule has 26 heavy (non-hydrogen) atoms. The second-order valence-corrected chi connectivity index (χ2v) is 6.52. The number of nitrogens with two attached hydrogens (primary N) is 1. The summed E-state index contributed by atoms with van der Waals surface area (Å²) in [6.45, 7) is 1.19. The van der Waals surface area contributed by atoms with Gasteiger partial charge in [0.05, 0.1) is 6.42 Å². The summed E-state index contributed by atoms with van der Waals surface area (Å²) in [5, 5.41) is 9.24. The monoisotopic (exact) mass is 360 g/mol. The molecule has 1 unspecified atom stereocenters. The molecule has 0 radical (unpaired) electrons. The molecule has 1 aromatic heterocycles. The van der Waals surface area contributed by atoms with Crippen molar-refractivity contribution in [1.82, 2.24) is 14.5 Å². The van der Waals surface area contributed by atoms with Gasteiger partial charge >= 0.3 is 0 Å². The van der Waals surface area contributed by atoms with Gasteiger partial charge < -0.3 is 20.3 Å². The summed E-state index contributed by atoms with van der Waals surface area (Å²) < 4.78 is 15.2. The highest BCUT2D eigenvalue weighted by Crippen LogP contribution is 2.26. The number of rotatable bonds is 5. The standard InChI is InChI=1S/C18H21FN4O3/c19-14-8-12(3-4-15(14)24)9-17(26)22-6-1-2-13(10-22)18-21-5-7-23(18)11-16(20)25/h3-5,7-8,13,24H,1-2,6,9-11H2,(H2,20,25). The Bertz CT molecular complexity index is 821. The van der Waals surface area contributed by atoms with Gasteiger partial charge in [-0.3, -0.25) is 9.59 Å². The van der Waals surface area contributed by atoms with Crippen LogP contribution in [-0.2, 0) is 22.6 Å². The molecular formula is C18H21FN4O3. The van der Waals surface area contributed by atoms with Gasteiger partial charge in [0, 0.05) is 31.4 Å². The van der Waals surface area contributed by atoms with Crippen LogP contribution in [0, 0.1) is 5.82 Å². The summed E-state index contributed by atoms with van der Waals surface area (Å²) in [7, 11) is 0. The van der Waals surface area contributed by atoms with Crippen molar-refractivity contribution in [2.45, 2.75) is 31.7 Å². The van der Waals surface area contributed by atoms with Gasteiger partial charge in [-0.15, -0.1) is 0 Å². The van der Waals surface area contributed by atoms with Crippen molar-refractivity contribution in [3.8, 4) is 5.75 Å². The highest BCUT2D eigenvalue weighted by molar-refractivity contribution is 5.79. The number of amides is 2. The number of hydrogen-bond acceptors (Lipinski definition) is 4. The van der Waals surface area contributed by atoms with E-state index in [-0.39, 0.29) is 24.8 Å². The quantitative estimate of drug-likeness (QED) is 0.835. The zero-order valence-electron chi connectivity index (χ0n) is 14.3. The number of likely N-dealkylation sites (tertiary alicyclic amines) is 1. The van der Waals surface area contributed by atoms with E-state index in [4.69, 9.17) is 5.73 Å². The van der Waals surface area contributed by atoms with Crippen LogP contribution in [0.3, 0.4) is 0 Å². The maximum Gasteiger partial charge on any atom is 0.237 e. The van der Waals surface area contributed by atoms with E-state index < -0.39 is 17.5 Å². The highest BCUT2D eigenvalue weighted by atomic mass is 19.1. The van der Waals surface area contributed by atoms with Crippen LogP contribution in [-0.4, -0.2) is 44.5 Å². The van der Waals surface area contributed by atoms with Gasteiger partial charge in [0.2, 0.25) is 11.8 Å². The minimum Gasteiger partial charge on any atom is -0.505 e. The number of aromatic hydroxyl groups is 1. The number of benzene rings is 1. The van der Waals surface area contributed by atoms with Gasteiger partial charge in [-0.25, -0.2) is 9.37 Å². The summed E-state index contributed by atoms with van der Waals surface area (Å²) in [4.78, 5) is 29.8. The zero-order chi connectivity index (χ0) is 18.7. The lowest BCUT2D eigenvalue weighted by Gasteiger charge is -2.32. The predicted octanol–water partition coefficient (Wildman–Crippen LogP) is 1.16. The van der Waals surface area contributed by atoms with Crippen molar-refractivity contribution < 1.29 is 19.1 Å². The van der Waals surface area contributed by atoms with Gasteiger partial charge in [-0.2, -0.15) is 0 Å². The molecule has 3 N–H and O–H groups in total. The summed E-state index contributed by atoms with van der Waals surface area (Å²) in [6, 6.07) is 3.96. The third-order valence-corrected chi connectivity index (χ3v) is 4.58. The molecule has 2 heterocycles. The van der Waals surface area contributed by atoms with Gasteiger partial charge in [0.25, 0.3) is 0 Å². The maximum absolute atomic E-state index is 13.4. The van der Waals surface area contributed by atoms with E-state index in [9.17, 15) is 19.1 Å². The fourth-order valence-electron chi connectivity index (χ4n) is 3.34. The minimum atomic E-state index is -0.736. The Kier molecular flexibility index (Phi) is 5.20. The third kappa shape index (κ3) is 4.01. The Morgan fingerprint density at radius 2 is 2.19 bits per heavy atom. The second-order valence-electron chi connectivity index (χ2n) is 6.52. The van der Waals surface area contributed by atoms with E-state index in [0.29, 0.717) is 18.7 Å². The fraction of sp³-hybridized carbons (Fsp3) is 0.389. The number of phenols is 1. The molecule has 1 saturated heterocycles. The van der Waals surface area contributed by atoms with Crippen LogP contribution >= 0.6 is 0 Å². The molecule has 0 bridgehead atoms. The summed E-state index contributed by atoms with van der Waals surface area (Å²) in [6.07, 6.45) is 5.09. The lowest BCUT2D eigenvalue weighted by atomic mass is 9.96. The topological polar surface area (TPSA) is 101 Å². The highest BCUT2D eigenvalue weighted by Gasteiger charge is 2.27. The number of imidazole rings is 1. The molecule has 138 valence electrons. The van der Waals surface area contributed by atoms with E-state index in [2.05, 4.69) is 4.98 Å². The zero-order valence-corrected chi connectivity index (χ0v) is 14.3. The molecule has 1 fully saturated rings. The molecule has 2 amide bonds. The first-order chi connectivity index (χ1) is 12.4. The molecule has 1 aliphatic rings. The number of aromatic nitrogens is 2. The van der Waals surface area contributed by atoms with E-state index in [1.165, 1.54) is 18.2 Å². The Hall–Kier alpha value is -2.90. The molecule has 2 aromatic rings. The number of hydrogen-bond donors (Lipinski definition) is 2. The van der Waals surface area contributed by atoms with Crippen LogP contribution < -0.4 is 5.73 Å². The first-order valence-corrected chi connectivity index (χ1v) is 8.48. The van der Waals surface area contributed by atoms with Gasteiger partial charge in [-0.1, -0.05) is 6.07 Å². The number of phenolic OH excluding ortho intramolecular Hbond substituents is 1. The average molecular weight is 360 g/mol. The van der Waals surface area contributed by atoms with Crippen LogP contribution in [0.5, 0.6) is 5.75 Å². The summed E-state index contributed by atoms with van der Waals surface area (Å²) in [5.74, 6) is -0.938. The van der Waals surface area contributed by atoms with Crippen LogP contribution in [0.25, 0.3) is 0 Å². The van der Waals surface area contributed by atoms with Crippen molar-refractivity contribution >= 4 is 11.8 Å². The molecule has 3 rings (SSSR count). The number of carbonyl (C=O) groups excluding carboxylic acids is 2. The van der Waals surface area contributed by atoms with Gasteiger partial charge in [-0.05, 0) is 30.5 Å². The SMILES string of the molecule is NC(=O)Cn1ccnc1C1CCCN(C(=O)Cc2ccc(O)c(F)c2)C1. The molecule has 1 aromatic carbocycles. The number of nitrogens with zero attached hydrogens (tertiary/aromatic N) is 3. The number of carbonyl (C=O) groups is 2. The Balaban J connectivity index is 1.68. The van der Waals surface area contributed by atoms with E-state index in [1.807, 2.05) is 0 Å². The molecule has 0 aliphatic carbocycles. The predicted molar refractivity (Wildman–Crippen MR) is 91.7 cm³/mol. The lowest BCUT2D eigenvalue weighted by molar-refractivity contribution is -0.131. The molecule has 1 aliphatic heterocycles. The van der Waals surface area contributed by atoms with Crippen molar-refractivity contribution in [3.63, 3.8) is 0 Å². The normalized spacial score (nSPS) is 17.3. The molecular weight excluding hydrogens is 339 g/mol. The Labute approximate surface area is 150 Å². The molecule has 1 atom stereocenters. The Morgan fingerprint density at radius 3 is 2.92 bits per heavy atom. The van der Waals surface area contributed by atoms with Crippen molar-refractivity contribution in [1.29, 1.82) is 0 Å². The van der Waals surface area contributed by atoms with Gasteiger partial charge in [0.15, 0.2) is 11.6 Å². The van der Waals surface area contributed by atoms with Crippen LogP contribution in [0.15, 0.2) is 30.6 Å². The number of piperidine rings is 1. The van der Waals surface area contributed by atoms with Crippen LogP contribution in [0.4, 0.5) is 4.39 Å². The average Bonchev–Trinajstić information content (AvgIpc) is 3.05.